The van der Waals surface area contributed by atoms with E-state index in [0.717, 1.165) is 32.1 Å². The number of hydrogen-bond donors (Lipinski definition) is 4. The molecule has 1 aliphatic heterocycles. The van der Waals surface area contributed by atoms with Gasteiger partial charge in [0.15, 0.2) is 11.6 Å². The molecule has 2 heterocycles. The van der Waals surface area contributed by atoms with Crippen molar-refractivity contribution in [3.05, 3.63) is 54.4 Å². The molecule has 0 radical (unpaired) electrons. The van der Waals surface area contributed by atoms with Crippen molar-refractivity contribution in [2.45, 2.75) is 141 Å². The van der Waals surface area contributed by atoms with Crippen molar-refractivity contribution >= 4 is 35.3 Å². The number of carbonyl (C=O) groups excluding carboxylic acids is 6. The van der Waals surface area contributed by atoms with E-state index in [1.165, 1.54) is 41.7 Å². The largest absolute Gasteiger partial charge is 0.485 e. The van der Waals surface area contributed by atoms with Gasteiger partial charge in [0.2, 0.25) is 23.5 Å². The van der Waals surface area contributed by atoms with Gasteiger partial charge in [0.25, 0.3) is 11.8 Å². The third kappa shape index (κ3) is 10.6. The highest BCUT2D eigenvalue weighted by molar-refractivity contribution is 6.38. The number of para-hydroxylation sites is 1. The van der Waals surface area contributed by atoms with Crippen LogP contribution < -0.4 is 26.0 Å². The topological polar surface area (TPSA) is 189 Å². The monoisotopic (exact) mass is 763 g/mol. The first-order valence-electron chi connectivity index (χ1n) is 19.5. The van der Waals surface area contributed by atoms with Gasteiger partial charge in [-0.15, -0.1) is 0 Å². The fourth-order valence-electron chi connectivity index (χ4n) is 7.26. The first-order chi connectivity index (χ1) is 26.2. The third-order valence-electron chi connectivity index (χ3n) is 10.5. The van der Waals surface area contributed by atoms with Crippen LogP contribution in [-0.2, 0) is 24.0 Å². The van der Waals surface area contributed by atoms with Crippen molar-refractivity contribution in [3.63, 3.8) is 0 Å². The molecule has 2 saturated carbocycles. The molecule has 2 aromatic rings. The summed E-state index contributed by atoms with van der Waals surface area (Å²) in [6, 6.07) is 2.26. The van der Waals surface area contributed by atoms with Gasteiger partial charge in [-0.3, -0.25) is 33.8 Å². The van der Waals surface area contributed by atoms with Crippen LogP contribution in [0.2, 0.25) is 0 Å². The Hall–Kier alpha value is -4.95. The SMILES string of the molecule is CCC[C@H](NC(=O)C1C[C@@H](Oc2ccccc2F)CN1C(=O)[C@@H](NC(=O)C1(NC(=O)c2cnccn2)CCCCCCC1)C(C)(C)C)C(=O)C(=O)NC1CC1. The molecule has 3 fully saturated rings. The Bertz CT molecular complexity index is 1710. The van der Waals surface area contributed by atoms with Crippen LogP contribution in [0.1, 0.15) is 115 Å². The zero-order chi connectivity index (χ0) is 39.8. The highest BCUT2D eigenvalue weighted by Gasteiger charge is 2.49. The number of ketones is 1. The number of benzene rings is 1. The van der Waals surface area contributed by atoms with Crippen LogP contribution in [-0.4, -0.2) is 92.5 Å². The normalized spacial score (nSPS) is 20.9. The second-order valence-electron chi connectivity index (χ2n) is 16.0. The molecule has 1 unspecified atom stereocenters. The second kappa shape index (κ2) is 18.1. The lowest BCUT2D eigenvalue weighted by atomic mass is 9.80. The number of Topliss-reactive ketones (excluding diaryl/α,β-unsaturated/α-hetero) is 1. The number of nitrogens with zero attached hydrogens (tertiary/aromatic N) is 3. The number of hydrogen-bond acceptors (Lipinski definition) is 9. The molecule has 1 aromatic carbocycles. The fraction of sp³-hybridized carbons (Fsp3) is 0.600. The van der Waals surface area contributed by atoms with E-state index >= 15 is 0 Å². The summed E-state index contributed by atoms with van der Waals surface area (Å²) in [5.74, 6) is -4.57. The second-order valence-corrected chi connectivity index (χ2v) is 16.0. The van der Waals surface area contributed by atoms with Gasteiger partial charge in [-0.1, -0.05) is 78.4 Å². The summed E-state index contributed by atoms with van der Waals surface area (Å²) in [6.45, 7) is 7.05. The number of halogens is 1. The lowest BCUT2D eigenvalue weighted by molar-refractivity contribution is -0.146. The minimum Gasteiger partial charge on any atom is -0.485 e. The number of likely N-dealkylation sites (tertiary alicyclic amines) is 1. The van der Waals surface area contributed by atoms with Crippen LogP contribution in [0.25, 0.3) is 0 Å². The Morgan fingerprint density at radius 2 is 1.67 bits per heavy atom. The standard InChI is InChI=1S/C40H54FN7O7/c1-5-13-28(32(49)36(52)44-25-16-17-25)45-35(51)30-22-26(55-31-15-10-9-14-27(31)41)24-48(30)37(53)33(39(2,3)4)46-38(54)40(18-11-7-6-8-12-19-40)47-34(50)29-23-42-20-21-43-29/h9-10,14-15,20-21,23,25-26,28,30,33H,5-8,11-13,16-19,22,24H2,1-4H3,(H,44,52)(H,45,51)(H,46,54)(H,47,50)/t26-,28+,30?,33-/m1/s1. The van der Waals surface area contributed by atoms with Gasteiger partial charge in [0, 0.05) is 24.9 Å². The number of ether oxygens (including phenoxy) is 1. The molecule has 14 nitrogen and oxygen atoms in total. The highest BCUT2D eigenvalue weighted by atomic mass is 19.1. The Morgan fingerprint density at radius 3 is 2.29 bits per heavy atom. The Labute approximate surface area is 321 Å². The molecule has 4 N–H and O–H groups in total. The lowest BCUT2D eigenvalue weighted by Gasteiger charge is -2.40. The van der Waals surface area contributed by atoms with Crippen molar-refractivity contribution in [1.82, 2.24) is 36.1 Å². The summed E-state index contributed by atoms with van der Waals surface area (Å²) in [7, 11) is 0. The van der Waals surface area contributed by atoms with E-state index in [4.69, 9.17) is 4.74 Å². The molecule has 4 atom stereocenters. The number of aromatic nitrogens is 2. The van der Waals surface area contributed by atoms with Gasteiger partial charge in [0.05, 0.1) is 18.8 Å². The van der Waals surface area contributed by atoms with E-state index in [9.17, 15) is 33.2 Å². The molecule has 3 aliphatic rings. The molecule has 2 aliphatic carbocycles. The summed E-state index contributed by atoms with van der Waals surface area (Å²) in [5, 5.41) is 11.3. The van der Waals surface area contributed by atoms with E-state index in [2.05, 4.69) is 31.2 Å². The minimum absolute atomic E-state index is 0.0455. The molecular formula is C40H54FN7O7. The fourth-order valence-corrected chi connectivity index (χ4v) is 7.26. The summed E-state index contributed by atoms with van der Waals surface area (Å²) in [6.07, 6.45) is 10.3. The Balaban J connectivity index is 1.42. The van der Waals surface area contributed by atoms with Crippen LogP contribution in [0, 0.1) is 11.2 Å². The van der Waals surface area contributed by atoms with Gasteiger partial charge in [-0.2, -0.15) is 0 Å². The molecular weight excluding hydrogens is 709 g/mol. The van der Waals surface area contributed by atoms with Gasteiger partial charge >= 0.3 is 0 Å². The van der Waals surface area contributed by atoms with Crippen LogP contribution in [0.3, 0.4) is 0 Å². The summed E-state index contributed by atoms with van der Waals surface area (Å²) >= 11 is 0. The Kier molecular flexibility index (Phi) is 13.6. The first-order valence-corrected chi connectivity index (χ1v) is 19.5. The molecule has 0 spiro atoms. The third-order valence-corrected chi connectivity index (χ3v) is 10.5. The van der Waals surface area contributed by atoms with Crippen molar-refractivity contribution in [2.75, 3.05) is 6.54 Å². The van der Waals surface area contributed by atoms with Crippen LogP contribution in [0.4, 0.5) is 4.39 Å². The van der Waals surface area contributed by atoms with Crippen molar-refractivity contribution < 1.29 is 37.9 Å². The van der Waals surface area contributed by atoms with E-state index in [1.54, 1.807) is 26.8 Å². The first kappa shape index (κ1) is 41.2. The van der Waals surface area contributed by atoms with Crippen LogP contribution in [0.15, 0.2) is 42.9 Å². The molecule has 1 saturated heterocycles. The molecule has 5 amide bonds. The number of rotatable bonds is 14. The predicted octanol–water partition coefficient (Wildman–Crippen LogP) is 3.54. The average Bonchev–Trinajstić information content (AvgIpc) is 3.86. The van der Waals surface area contributed by atoms with E-state index < -0.39 is 76.3 Å². The zero-order valence-electron chi connectivity index (χ0n) is 32.2. The maximum absolute atomic E-state index is 14.8. The number of carbonyl (C=O) groups is 6. The maximum Gasteiger partial charge on any atom is 0.289 e. The van der Waals surface area contributed by atoms with E-state index in [0.29, 0.717) is 32.1 Å². The van der Waals surface area contributed by atoms with Crippen molar-refractivity contribution in [1.29, 1.82) is 0 Å². The van der Waals surface area contributed by atoms with E-state index in [1.807, 2.05) is 6.92 Å². The Morgan fingerprint density at radius 1 is 0.982 bits per heavy atom. The maximum atomic E-state index is 14.8. The molecule has 55 heavy (non-hydrogen) atoms. The smallest absolute Gasteiger partial charge is 0.289 e. The van der Waals surface area contributed by atoms with Crippen LogP contribution in [0.5, 0.6) is 5.75 Å². The van der Waals surface area contributed by atoms with Gasteiger partial charge < -0.3 is 30.9 Å². The summed E-state index contributed by atoms with van der Waals surface area (Å²) in [4.78, 5) is 92.3. The number of nitrogens with one attached hydrogen (secondary N) is 4. The quantitative estimate of drug-likeness (QED) is 0.209. The average molecular weight is 764 g/mol. The van der Waals surface area contributed by atoms with Crippen LogP contribution >= 0.6 is 0 Å². The van der Waals surface area contributed by atoms with Crippen molar-refractivity contribution in [2.24, 2.45) is 5.41 Å². The zero-order valence-corrected chi connectivity index (χ0v) is 32.2. The molecule has 5 rings (SSSR count). The van der Waals surface area contributed by atoms with Gasteiger partial charge in [-0.25, -0.2) is 9.37 Å². The van der Waals surface area contributed by atoms with Gasteiger partial charge in [-0.05, 0) is 49.7 Å². The summed E-state index contributed by atoms with van der Waals surface area (Å²) < 4.78 is 20.7. The molecule has 298 valence electrons. The predicted molar refractivity (Wildman–Crippen MR) is 200 cm³/mol. The molecule has 0 bridgehead atoms. The van der Waals surface area contributed by atoms with Gasteiger partial charge in [0.1, 0.15) is 29.4 Å². The minimum atomic E-state index is -1.36. The molecule has 15 heteroatoms. The molecule has 1 aromatic heterocycles. The van der Waals surface area contributed by atoms with E-state index in [-0.39, 0.29) is 36.9 Å². The lowest BCUT2D eigenvalue weighted by Crippen LogP contribution is -2.65. The van der Waals surface area contributed by atoms with Crippen molar-refractivity contribution in [3.8, 4) is 5.75 Å². The summed E-state index contributed by atoms with van der Waals surface area (Å²) in [5.41, 5.74) is -2.19. The number of amides is 5. The highest BCUT2D eigenvalue weighted by Crippen LogP contribution is 2.32.